The van der Waals surface area contributed by atoms with E-state index in [4.69, 9.17) is 23.2 Å². The average Bonchev–Trinajstić information content (AvgIpc) is 3.31. The van der Waals surface area contributed by atoms with Gasteiger partial charge < -0.3 is 15.1 Å². The van der Waals surface area contributed by atoms with Gasteiger partial charge >= 0.3 is 0 Å². The van der Waals surface area contributed by atoms with Crippen molar-refractivity contribution < 1.29 is 14.0 Å². The maximum Gasteiger partial charge on any atom is 0.258 e. The number of hydrogen-bond donors (Lipinski definition) is 1. The van der Waals surface area contributed by atoms with E-state index in [-0.39, 0.29) is 22.4 Å². The van der Waals surface area contributed by atoms with Gasteiger partial charge in [-0.05, 0) is 61.6 Å². The smallest absolute Gasteiger partial charge is 0.258 e. The van der Waals surface area contributed by atoms with Crippen molar-refractivity contribution in [1.82, 2.24) is 15.1 Å². The van der Waals surface area contributed by atoms with Gasteiger partial charge in [0, 0.05) is 43.3 Å². The Morgan fingerprint density at radius 2 is 1.78 bits per heavy atom. The highest BCUT2D eigenvalue weighted by atomic mass is 35.5. The van der Waals surface area contributed by atoms with Crippen LogP contribution in [0.15, 0.2) is 36.4 Å². The molecular formula is C24H26Cl2FN3O2. The zero-order chi connectivity index (χ0) is 22.8. The number of rotatable bonds is 6. The highest BCUT2D eigenvalue weighted by Crippen LogP contribution is 2.33. The van der Waals surface area contributed by atoms with Crippen molar-refractivity contribution in [3.05, 3.63) is 69.0 Å². The monoisotopic (exact) mass is 477 g/mol. The highest BCUT2D eigenvalue weighted by Gasteiger charge is 2.42. The molecule has 2 amide bonds. The molecule has 0 spiro atoms. The number of fused-ring (bicyclic) bond motifs is 1. The Morgan fingerprint density at radius 3 is 2.44 bits per heavy atom. The molecule has 2 aliphatic rings. The third kappa shape index (κ3) is 4.92. The molecule has 0 bridgehead atoms. The van der Waals surface area contributed by atoms with Gasteiger partial charge in [0.05, 0.1) is 10.6 Å². The zero-order valence-corrected chi connectivity index (χ0v) is 19.4. The Hall–Kier alpha value is -2.15. The van der Waals surface area contributed by atoms with Gasteiger partial charge in [0.25, 0.3) is 11.8 Å². The number of carbonyl (C=O) groups is 2. The minimum Gasteiger partial charge on any atom is -0.352 e. The van der Waals surface area contributed by atoms with Crippen molar-refractivity contribution >= 4 is 35.0 Å². The van der Waals surface area contributed by atoms with Gasteiger partial charge in [-0.25, -0.2) is 4.39 Å². The van der Waals surface area contributed by atoms with Crippen LogP contribution >= 0.6 is 23.2 Å². The topological polar surface area (TPSA) is 52.7 Å². The average molecular weight is 478 g/mol. The number of aryl methyl sites for hydroxylation is 1. The van der Waals surface area contributed by atoms with Crippen LogP contribution in [0.2, 0.25) is 10.0 Å². The van der Waals surface area contributed by atoms with Gasteiger partial charge in [-0.15, -0.1) is 0 Å². The van der Waals surface area contributed by atoms with E-state index in [1.807, 2.05) is 13.0 Å². The minimum atomic E-state index is -0.573. The third-order valence-corrected chi connectivity index (χ3v) is 7.12. The molecule has 0 radical (unpaired) electrons. The lowest BCUT2D eigenvalue weighted by molar-refractivity contribution is 0.0769. The van der Waals surface area contributed by atoms with E-state index in [1.165, 1.54) is 12.1 Å². The molecule has 4 rings (SSSR count). The highest BCUT2D eigenvalue weighted by molar-refractivity contribution is 6.33. The first-order chi connectivity index (χ1) is 15.3. The molecule has 2 aliphatic heterocycles. The number of nitrogens with one attached hydrogen (secondary N) is 1. The van der Waals surface area contributed by atoms with Crippen LogP contribution in [0.3, 0.4) is 0 Å². The summed E-state index contributed by atoms with van der Waals surface area (Å²) in [6.07, 6.45) is 0.845. The molecule has 8 heteroatoms. The number of hydrogen-bond acceptors (Lipinski definition) is 3. The Balaban J connectivity index is 1.21. The minimum absolute atomic E-state index is 0.0309. The van der Waals surface area contributed by atoms with Gasteiger partial charge in [-0.2, -0.15) is 0 Å². The second-order valence-electron chi connectivity index (χ2n) is 8.66. The van der Waals surface area contributed by atoms with Crippen LogP contribution in [0, 0.1) is 24.6 Å². The summed E-state index contributed by atoms with van der Waals surface area (Å²) in [4.78, 5) is 29.1. The van der Waals surface area contributed by atoms with Crippen LogP contribution in [0.4, 0.5) is 4.39 Å². The van der Waals surface area contributed by atoms with Crippen LogP contribution in [0.5, 0.6) is 0 Å². The van der Waals surface area contributed by atoms with Gasteiger partial charge in [0.15, 0.2) is 0 Å². The number of halogens is 3. The molecule has 2 heterocycles. The molecule has 2 fully saturated rings. The van der Waals surface area contributed by atoms with E-state index in [2.05, 4.69) is 10.2 Å². The Labute approximate surface area is 197 Å². The molecule has 0 saturated carbocycles. The summed E-state index contributed by atoms with van der Waals surface area (Å²) in [6.45, 7) is 6.42. The number of likely N-dealkylation sites (tertiary alicyclic amines) is 2. The standard InChI is InChI=1S/C24H26Cl2FN3O2/c1-15-6-7-16(10-20(15)26)23(31)28-8-3-9-29-11-17-13-30(14-18(17)12-29)24(32)22-19(25)4-2-5-21(22)27/h2,4-7,10,17-18H,3,8-9,11-14H2,1H3,(H,28,31). The van der Waals surface area contributed by atoms with E-state index in [0.29, 0.717) is 42.1 Å². The lowest BCUT2D eigenvalue weighted by Crippen LogP contribution is -2.35. The number of benzene rings is 2. The van der Waals surface area contributed by atoms with Crippen molar-refractivity contribution in [1.29, 1.82) is 0 Å². The van der Waals surface area contributed by atoms with Crippen LogP contribution in [0.1, 0.15) is 32.7 Å². The van der Waals surface area contributed by atoms with Gasteiger partial charge in [0.2, 0.25) is 0 Å². The SMILES string of the molecule is Cc1ccc(C(=O)NCCCN2CC3CN(C(=O)c4c(F)cccc4Cl)CC3C2)cc1Cl. The second-order valence-corrected chi connectivity index (χ2v) is 9.47. The molecule has 1 N–H and O–H groups in total. The molecule has 2 unspecified atom stereocenters. The number of nitrogens with zero attached hydrogens (tertiary/aromatic N) is 2. The number of carbonyl (C=O) groups excluding carboxylic acids is 2. The Morgan fingerprint density at radius 1 is 1.06 bits per heavy atom. The van der Waals surface area contributed by atoms with Gasteiger partial charge in [-0.3, -0.25) is 9.59 Å². The molecule has 5 nitrogen and oxygen atoms in total. The van der Waals surface area contributed by atoms with Crippen molar-refractivity contribution in [2.45, 2.75) is 13.3 Å². The summed E-state index contributed by atoms with van der Waals surface area (Å²) in [5, 5.41) is 3.69. The maximum absolute atomic E-state index is 14.1. The van der Waals surface area contributed by atoms with E-state index in [9.17, 15) is 14.0 Å². The fourth-order valence-electron chi connectivity index (χ4n) is 4.64. The summed E-state index contributed by atoms with van der Waals surface area (Å²) >= 11 is 12.2. The van der Waals surface area contributed by atoms with E-state index >= 15 is 0 Å². The molecule has 0 aliphatic carbocycles. The fraction of sp³-hybridized carbons (Fsp3) is 0.417. The van der Waals surface area contributed by atoms with Crippen molar-refractivity contribution in [3.8, 4) is 0 Å². The summed E-state index contributed by atoms with van der Waals surface area (Å²) in [7, 11) is 0. The third-order valence-electron chi connectivity index (χ3n) is 6.40. The lowest BCUT2D eigenvalue weighted by Gasteiger charge is -2.22. The molecule has 2 atom stereocenters. The molecule has 2 saturated heterocycles. The van der Waals surface area contributed by atoms with Crippen LogP contribution in [-0.4, -0.2) is 60.9 Å². The van der Waals surface area contributed by atoms with E-state index < -0.39 is 5.82 Å². The van der Waals surface area contributed by atoms with E-state index in [1.54, 1.807) is 23.1 Å². The van der Waals surface area contributed by atoms with Crippen LogP contribution in [-0.2, 0) is 0 Å². The zero-order valence-electron chi connectivity index (χ0n) is 17.9. The molecule has 32 heavy (non-hydrogen) atoms. The van der Waals surface area contributed by atoms with Crippen molar-refractivity contribution in [3.63, 3.8) is 0 Å². The van der Waals surface area contributed by atoms with Crippen LogP contribution in [0.25, 0.3) is 0 Å². The maximum atomic E-state index is 14.1. The van der Waals surface area contributed by atoms with Crippen LogP contribution < -0.4 is 5.32 Å². The Kier molecular flexibility index (Phi) is 7.03. The summed E-state index contributed by atoms with van der Waals surface area (Å²) in [5.41, 5.74) is 1.48. The summed E-state index contributed by atoms with van der Waals surface area (Å²) < 4.78 is 14.1. The fourth-order valence-corrected chi connectivity index (χ4v) is 5.06. The molecule has 2 aromatic carbocycles. The molecule has 2 aromatic rings. The molecule has 170 valence electrons. The lowest BCUT2D eigenvalue weighted by atomic mass is 10.0. The normalized spacial score (nSPS) is 20.4. The molecule has 0 aromatic heterocycles. The van der Waals surface area contributed by atoms with Crippen molar-refractivity contribution in [2.24, 2.45) is 11.8 Å². The predicted molar refractivity (Wildman–Crippen MR) is 124 cm³/mol. The quantitative estimate of drug-likeness (QED) is 0.632. The number of amides is 2. The largest absolute Gasteiger partial charge is 0.352 e. The first-order valence-electron chi connectivity index (χ1n) is 10.8. The molecular weight excluding hydrogens is 452 g/mol. The first kappa shape index (κ1) is 23.0. The van der Waals surface area contributed by atoms with Gasteiger partial charge in [0.1, 0.15) is 5.82 Å². The summed E-state index contributed by atoms with van der Waals surface area (Å²) in [6, 6.07) is 9.62. The second kappa shape index (κ2) is 9.77. The first-order valence-corrected chi connectivity index (χ1v) is 11.6. The van der Waals surface area contributed by atoms with E-state index in [0.717, 1.165) is 31.6 Å². The van der Waals surface area contributed by atoms with Crippen molar-refractivity contribution in [2.75, 3.05) is 39.3 Å². The van der Waals surface area contributed by atoms with Gasteiger partial charge in [-0.1, -0.05) is 35.3 Å². The summed E-state index contributed by atoms with van der Waals surface area (Å²) in [5.74, 6) is -0.252. The predicted octanol–water partition coefficient (Wildman–Crippen LogP) is 4.26. The Bertz CT molecular complexity index is 998.